The van der Waals surface area contributed by atoms with Crippen molar-refractivity contribution >= 4 is 12.0 Å². The van der Waals surface area contributed by atoms with Crippen LogP contribution >= 0.6 is 0 Å². The number of aliphatic carboxylic acids is 1. The Hall–Kier alpha value is -1.98. The lowest BCUT2D eigenvalue weighted by Gasteiger charge is -2.35. The van der Waals surface area contributed by atoms with Crippen LogP contribution in [0, 0.1) is 6.92 Å². The van der Waals surface area contributed by atoms with Gasteiger partial charge in [0.25, 0.3) is 0 Å². The number of carboxylic acids is 1. The molecule has 1 aliphatic rings. The SMILES string of the molecule is Cc1ccc(C(C)NC(=O)N2CCCCC2CC(=O)O)o1. The first-order chi connectivity index (χ1) is 9.97. The van der Waals surface area contributed by atoms with Gasteiger partial charge in [-0.05, 0) is 45.2 Å². The summed E-state index contributed by atoms with van der Waals surface area (Å²) in [6.45, 7) is 4.31. The standard InChI is InChI=1S/C15H22N2O4/c1-10-6-7-13(21-10)11(2)16-15(20)17-8-4-3-5-12(17)9-14(18)19/h6-7,11-12H,3-5,8-9H2,1-2H3,(H,16,20)(H,18,19). The molecule has 2 rings (SSSR count). The predicted octanol–water partition coefficient (Wildman–Crippen LogP) is 2.69. The number of likely N-dealkylation sites (tertiary alicyclic amines) is 1. The van der Waals surface area contributed by atoms with Crippen molar-refractivity contribution in [2.75, 3.05) is 6.54 Å². The van der Waals surface area contributed by atoms with Gasteiger partial charge < -0.3 is 19.7 Å². The molecule has 6 heteroatoms. The first kappa shape index (κ1) is 15.4. The molecule has 1 aliphatic heterocycles. The van der Waals surface area contributed by atoms with E-state index in [0.717, 1.165) is 25.0 Å². The minimum Gasteiger partial charge on any atom is -0.481 e. The smallest absolute Gasteiger partial charge is 0.318 e. The topological polar surface area (TPSA) is 82.8 Å². The lowest BCUT2D eigenvalue weighted by Crippen LogP contribution is -2.49. The monoisotopic (exact) mass is 294 g/mol. The van der Waals surface area contributed by atoms with Crippen molar-refractivity contribution in [2.24, 2.45) is 0 Å². The Labute approximate surface area is 124 Å². The summed E-state index contributed by atoms with van der Waals surface area (Å²) in [4.78, 5) is 24.9. The number of carbonyl (C=O) groups is 2. The summed E-state index contributed by atoms with van der Waals surface area (Å²) in [5, 5.41) is 11.8. The lowest BCUT2D eigenvalue weighted by atomic mass is 10.00. The molecule has 2 unspecified atom stereocenters. The van der Waals surface area contributed by atoms with Crippen molar-refractivity contribution < 1.29 is 19.1 Å². The molecule has 2 amide bonds. The van der Waals surface area contributed by atoms with Crippen LogP contribution in [0.1, 0.15) is 50.2 Å². The maximum Gasteiger partial charge on any atom is 0.318 e. The van der Waals surface area contributed by atoms with E-state index >= 15 is 0 Å². The summed E-state index contributed by atoms with van der Waals surface area (Å²) in [7, 11) is 0. The van der Waals surface area contributed by atoms with E-state index in [4.69, 9.17) is 9.52 Å². The molecule has 21 heavy (non-hydrogen) atoms. The first-order valence-electron chi connectivity index (χ1n) is 7.32. The normalized spacial score (nSPS) is 20.1. The van der Waals surface area contributed by atoms with Crippen LogP contribution < -0.4 is 5.32 Å². The number of urea groups is 1. The number of nitrogens with zero attached hydrogens (tertiary/aromatic N) is 1. The average molecular weight is 294 g/mol. The first-order valence-corrected chi connectivity index (χ1v) is 7.32. The molecule has 1 aromatic rings. The second-order valence-electron chi connectivity index (χ2n) is 5.56. The van der Waals surface area contributed by atoms with Gasteiger partial charge in [0.15, 0.2) is 0 Å². The highest BCUT2D eigenvalue weighted by Crippen LogP contribution is 2.21. The number of rotatable bonds is 4. The van der Waals surface area contributed by atoms with Crippen LogP contribution in [-0.4, -0.2) is 34.6 Å². The number of hydrogen-bond acceptors (Lipinski definition) is 3. The predicted molar refractivity (Wildman–Crippen MR) is 77.0 cm³/mol. The van der Waals surface area contributed by atoms with Crippen molar-refractivity contribution in [3.8, 4) is 0 Å². The van der Waals surface area contributed by atoms with E-state index in [9.17, 15) is 9.59 Å². The molecule has 1 fully saturated rings. The van der Waals surface area contributed by atoms with Gasteiger partial charge in [-0.2, -0.15) is 0 Å². The molecular weight excluding hydrogens is 272 g/mol. The number of amides is 2. The van der Waals surface area contributed by atoms with Crippen molar-refractivity contribution in [3.05, 3.63) is 23.7 Å². The van der Waals surface area contributed by atoms with Crippen LogP contribution in [0.3, 0.4) is 0 Å². The van der Waals surface area contributed by atoms with Gasteiger partial charge in [-0.25, -0.2) is 4.79 Å². The fourth-order valence-corrected chi connectivity index (χ4v) is 2.71. The second-order valence-corrected chi connectivity index (χ2v) is 5.56. The van der Waals surface area contributed by atoms with E-state index in [0.29, 0.717) is 12.3 Å². The second kappa shape index (κ2) is 6.65. The Bertz CT molecular complexity index is 512. The number of nitrogens with one attached hydrogen (secondary N) is 1. The third-order valence-electron chi connectivity index (χ3n) is 3.83. The molecular formula is C15H22N2O4. The van der Waals surface area contributed by atoms with E-state index in [1.54, 1.807) is 4.90 Å². The number of carbonyl (C=O) groups excluding carboxylic acids is 1. The quantitative estimate of drug-likeness (QED) is 0.894. The molecule has 6 nitrogen and oxygen atoms in total. The molecule has 1 saturated heterocycles. The largest absolute Gasteiger partial charge is 0.481 e. The summed E-state index contributed by atoms with van der Waals surface area (Å²) < 4.78 is 5.50. The van der Waals surface area contributed by atoms with Crippen LogP contribution in [0.5, 0.6) is 0 Å². The molecule has 2 atom stereocenters. The Morgan fingerprint density at radius 3 is 2.86 bits per heavy atom. The molecule has 0 aromatic carbocycles. The Morgan fingerprint density at radius 2 is 2.24 bits per heavy atom. The van der Waals surface area contributed by atoms with Crippen molar-refractivity contribution in [1.29, 1.82) is 0 Å². The Balaban J connectivity index is 1.98. The highest BCUT2D eigenvalue weighted by Gasteiger charge is 2.29. The molecule has 0 spiro atoms. The Kier molecular flexibility index (Phi) is 4.88. The van der Waals surface area contributed by atoms with Crippen molar-refractivity contribution in [1.82, 2.24) is 10.2 Å². The summed E-state index contributed by atoms with van der Waals surface area (Å²) in [6, 6.07) is 3.01. The van der Waals surface area contributed by atoms with Gasteiger partial charge in [0.05, 0.1) is 12.5 Å². The zero-order valence-electron chi connectivity index (χ0n) is 12.5. The molecule has 2 heterocycles. The van der Waals surface area contributed by atoms with Crippen LogP contribution in [0.15, 0.2) is 16.5 Å². The fraction of sp³-hybridized carbons (Fsp3) is 0.600. The Morgan fingerprint density at radius 1 is 1.48 bits per heavy atom. The maximum atomic E-state index is 12.4. The molecule has 0 saturated carbocycles. The van der Waals surface area contributed by atoms with Gasteiger partial charge in [-0.1, -0.05) is 0 Å². The fourth-order valence-electron chi connectivity index (χ4n) is 2.71. The zero-order valence-corrected chi connectivity index (χ0v) is 12.5. The van der Waals surface area contributed by atoms with Gasteiger partial charge >= 0.3 is 12.0 Å². The van der Waals surface area contributed by atoms with Crippen molar-refractivity contribution in [3.63, 3.8) is 0 Å². The molecule has 0 bridgehead atoms. The minimum absolute atomic E-state index is 0.00165. The summed E-state index contributed by atoms with van der Waals surface area (Å²) in [5.41, 5.74) is 0. The van der Waals surface area contributed by atoms with Crippen molar-refractivity contribution in [2.45, 2.75) is 51.6 Å². The molecule has 0 radical (unpaired) electrons. The van der Waals surface area contributed by atoms with Gasteiger partial charge in [0.2, 0.25) is 0 Å². The van der Waals surface area contributed by atoms with Gasteiger partial charge in [0, 0.05) is 12.6 Å². The number of carboxylic acid groups (broad SMARTS) is 1. The van der Waals surface area contributed by atoms with Gasteiger partial charge in [-0.15, -0.1) is 0 Å². The van der Waals surface area contributed by atoms with Crippen LogP contribution in [-0.2, 0) is 4.79 Å². The molecule has 0 aliphatic carbocycles. The van der Waals surface area contributed by atoms with Crippen LogP contribution in [0.25, 0.3) is 0 Å². The van der Waals surface area contributed by atoms with E-state index < -0.39 is 5.97 Å². The zero-order chi connectivity index (χ0) is 15.4. The summed E-state index contributed by atoms with van der Waals surface area (Å²) >= 11 is 0. The van der Waals surface area contributed by atoms with E-state index in [1.165, 1.54) is 0 Å². The number of piperidine rings is 1. The highest BCUT2D eigenvalue weighted by atomic mass is 16.4. The third kappa shape index (κ3) is 4.00. The average Bonchev–Trinajstić information content (AvgIpc) is 2.85. The number of aryl methyl sites for hydroxylation is 1. The molecule has 2 N–H and O–H groups in total. The van der Waals surface area contributed by atoms with Crippen LogP contribution in [0.2, 0.25) is 0 Å². The number of furan rings is 1. The third-order valence-corrected chi connectivity index (χ3v) is 3.83. The lowest BCUT2D eigenvalue weighted by molar-refractivity contribution is -0.138. The molecule has 116 valence electrons. The van der Waals surface area contributed by atoms with Gasteiger partial charge in [0.1, 0.15) is 11.5 Å². The summed E-state index contributed by atoms with van der Waals surface area (Å²) in [5.74, 6) is 0.634. The van der Waals surface area contributed by atoms with Crippen LogP contribution in [0.4, 0.5) is 4.79 Å². The van der Waals surface area contributed by atoms with Gasteiger partial charge in [-0.3, -0.25) is 4.79 Å². The minimum atomic E-state index is -0.866. The summed E-state index contributed by atoms with van der Waals surface area (Å²) in [6.07, 6.45) is 2.63. The highest BCUT2D eigenvalue weighted by molar-refractivity contribution is 5.76. The van der Waals surface area contributed by atoms with E-state index in [2.05, 4.69) is 5.32 Å². The number of hydrogen-bond donors (Lipinski definition) is 2. The molecule has 1 aromatic heterocycles. The van der Waals surface area contributed by atoms with E-state index in [1.807, 2.05) is 26.0 Å². The van der Waals surface area contributed by atoms with E-state index in [-0.39, 0.29) is 24.5 Å². The maximum absolute atomic E-state index is 12.4.